The van der Waals surface area contributed by atoms with Gasteiger partial charge in [-0.25, -0.2) is 9.78 Å². The average molecular weight is 325 g/mol. The summed E-state index contributed by atoms with van der Waals surface area (Å²) in [4.78, 5) is 15.7. The van der Waals surface area contributed by atoms with Crippen LogP contribution >= 0.6 is 11.3 Å². The van der Waals surface area contributed by atoms with Crippen LogP contribution in [0.15, 0.2) is 47.8 Å². The second kappa shape index (κ2) is 5.40. The Hall–Kier alpha value is -2.86. The van der Waals surface area contributed by atoms with Crippen LogP contribution in [0.1, 0.15) is 10.4 Å². The molecule has 0 radical (unpaired) electrons. The minimum Gasteiger partial charge on any atom is -0.478 e. The summed E-state index contributed by atoms with van der Waals surface area (Å²) in [5.74, 6) is 0.502. The van der Waals surface area contributed by atoms with E-state index < -0.39 is 5.97 Å². The van der Waals surface area contributed by atoms with Gasteiger partial charge in [-0.15, -0.1) is 11.3 Å². The third-order valence-corrected chi connectivity index (χ3v) is 4.42. The number of aromatic nitrogens is 1. The van der Waals surface area contributed by atoms with Crippen LogP contribution in [0.3, 0.4) is 0 Å². The first-order valence-corrected chi connectivity index (χ1v) is 7.78. The van der Waals surface area contributed by atoms with Gasteiger partial charge in [0.2, 0.25) is 6.79 Å². The van der Waals surface area contributed by atoms with E-state index in [1.165, 1.54) is 11.3 Å². The summed E-state index contributed by atoms with van der Waals surface area (Å²) in [6.07, 6.45) is 0. The first kappa shape index (κ1) is 13.8. The molecule has 0 atom stereocenters. The molecule has 6 heteroatoms. The van der Waals surface area contributed by atoms with Gasteiger partial charge in [0, 0.05) is 16.5 Å². The molecule has 5 nitrogen and oxygen atoms in total. The Morgan fingerprint density at radius 1 is 1.09 bits per heavy atom. The summed E-state index contributed by atoms with van der Waals surface area (Å²) in [7, 11) is 0. The number of carboxylic acids is 1. The van der Waals surface area contributed by atoms with Crippen molar-refractivity contribution in [3.8, 4) is 33.3 Å². The van der Waals surface area contributed by atoms with Crippen LogP contribution in [-0.4, -0.2) is 22.9 Å². The number of fused-ring (bicyclic) bond motifs is 1. The predicted octanol–water partition coefficient (Wildman–Crippen LogP) is 3.90. The van der Waals surface area contributed by atoms with Gasteiger partial charge in [-0.3, -0.25) is 0 Å². The summed E-state index contributed by atoms with van der Waals surface area (Å²) in [6, 6.07) is 12.5. The molecule has 0 bridgehead atoms. The fourth-order valence-electron chi connectivity index (χ4n) is 2.38. The van der Waals surface area contributed by atoms with Crippen molar-refractivity contribution in [3.05, 3.63) is 53.4 Å². The smallest absolute Gasteiger partial charge is 0.335 e. The molecular formula is C17H11NO4S. The van der Waals surface area contributed by atoms with Crippen molar-refractivity contribution in [1.82, 2.24) is 4.98 Å². The van der Waals surface area contributed by atoms with E-state index in [1.807, 2.05) is 29.6 Å². The van der Waals surface area contributed by atoms with Gasteiger partial charge in [0.05, 0.1) is 11.3 Å². The zero-order valence-electron chi connectivity index (χ0n) is 11.9. The number of rotatable bonds is 3. The molecule has 2 aromatic carbocycles. The Kier molecular flexibility index (Phi) is 3.24. The Bertz CT molecular complexity index is 903. The molecule has 0 fully saturated rings. The number of nitrogens with zero attached hydrogens (tertiary/aromatic N) is 1. The lowest BCUT2D eigenvalue weighted by molar-refractivity contribution is 0.0697. The standard InChI is InChI=1S/C17H11NO4S/c19-17(20)12-3-1-2-11(6-12)16-18-13(8-23-16)10-4-5-14-15(7-10)22-9-21-14/h1-8H,9H2,(H,19,20). The van der Waals surface area contributed by atoms with Gasteiger partial charge in [0.15, 0.2) is 11.5 Å². The van der Waals surface area contributed by atoms with Crippen LogP contribution in [-0.2, 0) is 0 Å². The van der Waals surface area contributed by atoms with E-state index in [0.717, 1.165) is 27.6 Å². The number of benzene rings is 2. The maximum Gasteiger partial charge on any atom is 0.335 e. The third-order valence-electron chi connectivity index (χ3n) is 3.53. The van der Waals surface area contributed by atoms with Crippen molar-refractivity contribution in [3.63, 3.8) is 0 Å². The quantitative estimate of drug-likeness (QED) is 0.791. The number of carbonyl (C=O) groups is 1. The molecule has 114 valence electrons. The van der Waals surface area contributed by atoms with E-state index in [4.69, 9.17) is 14.6 Å². The Morgan fingerprint density at radius 3 is 2.83 bits per heavy atom. The SMILES string of the molecule is O=C(O)c1cccc(-c2nc(-c3ccc4c(c3)OCO4)cs2)c1. The molecule has 0 spiro atoms. The lowest BCUT2D eigenvalue weighted by Gasteiger charge is -2.00. The predicted molar refractivity (Wildman–Crippen MR) is 86.1 cm³/mol. The van der Waals surface area contributed by atoms with Gasteiger partial charge < -0.3 is 14.6 Å². The van der Waals surface area contributed by atoms with Crippen molar-refractivity contribution in [1.29, 1.82) is 0 Å². The van der Waals surface area contributed by atoms with Gasteiger partial charge in [0.1, 0.15) is 5.01 Å². The van der Waals surface area contributed by atoms with Crippen molar-refractivity contribution < 1.29 is 19.4 Å². The van der Waals surface area contributed by atoms with Crippen molar-refractivity contribution in [2.45, 2.75) is 0 Å². The molecule has 0 aliphatic carbocycles. The van der Waals surface area contributed by atoms with Gasteiger partial charge in [-0.2, -0.15) is 0 Å². The van der Waals surface area contributed by atoms with Crippen molar-refractivity contribution >= 4 is 17.3 Å². The molecule has 1 N–H and O–H groups in total. The van der Waals surface area contributed by atoms with E-state index in [1.54, 1.807) is 18.2 Å². The van der Waals surface area contributed by atoms with E-state index in [9.17, 15) is 4.79 Å². The molecule has 0 unspecified atom stereocenters. The number of ether oxygens (including phenoxy) is 2. The second-order valence-electron chi connectivity index (χ2n) is 4.99. The highest BCUT2D eigenvalue weighted by Crippen LogP contribution is 2.37. The minimum absolute atomic E-state index is 0.239. The van der Waals surface area contributed by atoms with Crippen LogP contribution in [0, 0.1) is 0 Å². The van der Waals surface area contributed by atoms with E-state index in [-0.39, 0.29) is 12.4 Å². The van der Waals surface area contributed by atoms with Crippen LogP contribution < -0.4 is 9.47 Å². The van der Waals surface area contributed by atoms with Crippen LogP contribution in [0.5, 0.6) is 11.5 Å². The highest BCUT2D eigenvalue weighted by atomic mass is 32.1. The molecule has 2 heterocycles. The summed E-state index contributed by atoms with van der Waals surface area (Å²) in [5.41, 5.74) is 2.80. The van der Waals surface area contributed by atoms with Gasteiger partial charge >= 0.3 is 5.97 Å². The third kappa shape index (κ3) is 2.53. The number of hydrogen-bond donors (Lipinski definition) is 1. The zero-order valence-corrected chi connectivity index (χ0v) is 12.7. The highest BCUT2D eigenvalue weighted by molar-refractivity contribution is 7.13. The van der Waals surface area contributed by atoms with Gasteiger partial charge in [0.25, 0.3) is 0 Å². The first-order chi connectivity index (χ1) is 11.2. The molecule has 4 rings (SSSR count). The Morgan fingerprint density at radius 2 is 1.96 bits per heavy atom. The molecule has 3 aromatic rings. The summed E-state index contributed by atoms with van der Waals surface area (Å²) < 4.78 is 10.7. The minimum atomic E-state index is -0.945. The Balaban J connectivity index is 1.69. The van der Waals surface area contributed by atoms with Crippen LogP contribution in [0.25, 0.3) is 21.8 Å². The second-order valence-corrected chi connectivity index (χ2v) is 5.85. The first-order valence-electron chi connectivity index (χ1n) is 6.90. The average Bonchev–Trinajstić information content (AvgIpc) is 3.23. The molecule has 1 aromatic heterocycles. The van der Waals surface area contributed by atoms with E-state index in [0.29, 0.717) is 5.75 Å². The van der Waals surface area contributed by atoms with Crippen molar-refractivity contribution in [2.75, 3.05) is 6.79 Å². The highest BCUT2D eigenvalue weighted by Gasteiger charge is 2.15. The monoisotopic (exact) mass is 325 g/mol. The topological polar surface area (TPSA) is 68.7 Å². The van der Waals surface area contributed by atoms with Crippen molar-refractivity contribution in [2.24, 2.45) is 0 Å². The molecule has 23 heavy (non-hydrogen) atoms. The lowest BCUT2D eigenvalue weighted by atomic mass is 10.1. The summed E-state index contributed by atoms with van der Waals surface area (Å²) >= 11 is 1.48. The van der Waals surface area contributed by atoms with Gasteiger partial charge in [-0.1, -0.05) is 12.1 Å². The number of hydrogen-bond acceptors (Lipinski definition) is 5. The van der Waals surface area contributed by atoms with Crippen LogP contribution in [0.2, 0.25) is 0 Å². The zero-order chi connectivity index (χ0) is 15.8. The maximum absolute atomic E-state index is 11.1. The normalized spacial score (nSPS) is 12.3. The van der Waals surface area contributed by atoms with E-state index in [2.05, 4.69) is 4.98 Å². The van der Waals surface area contributed by atoms with Crippen LogP contribution in [0.4, 0.5) is 0 Å². The molecule has 1 aliphatic rings. The van der Waals surface area contributed by atoms with Gasteiger partial charge in [-0.05, 0) is 30.3 Å². The number of aromatic carboxylic acids is 1. The van der Waals surface area contributed by atoms with E-state index >= 15 is 0 Å². The number of carboxylic acid groups (broad SMARTS) is 1. The molecule has 1 aliphatic heterocycles. The summed E-state index contributed by atoms with van der Waals surface area (Å²) in [6.45, 7) is 0.239. The summed E-state index contributed by atoms with van der Waals surface area (Å²) in [5, 5.41) is 11.8. The molecule has 0 amide bonds. The molecular weight excluding hydrogens is 314 g/mol. The fourth-order valence-corrected chi connectivity index (χ4v) is 3.21. The maximum atomic E-state index is 11.1. The number of thiazole rings is 1. The Labute approximate surface area is 135 Å². The molecule has 0 saturated carbocycles. The lowest BCUT2D eigenvalue weighted by Crippen LogP contribution is -1.95. The fraction of sp³-hybridized carbons (Fsp3) is 0.0588. The molecule has 0 saturated heterocycles. The largest absolute Gasteiger partial charge is 0.478 e.